The van der Waals surface area contributed by atoms with Crippen LogP contribution in [-0.4, -0.2) is 19.3 Å². The number of rotatable bonds is 3. The molecular formula is C23H20O3. The molecule has 0 saturated heterocycles. The largest absolute Gasteiger partial charge is 0.507 e. The van der Waals surface area contributed by atoms with Gasteiger partial charge in [-0.2, -0.15) is 0 Å². The molecule has 0 unspecified atom stereocenters. The van der Waals surface area contributed by atoms with Gasteiger partial charge in [-0.3, -0.25) is 0 Å². The van der Waals surface area contributed by atoms with Gasteiger partial charge in [0.15, 0.2) is 0 Å². The normalized spacial score (nSPS) is 11.0. The highest BCUT2D eigenvalue weighted by atomic mass is 16.5. The van der Waals surface area contributed by atoms with E-state index in [-0.39, 0.29) is 5.75 Å². The molecule has 0 aromatic heterocycles. The molecule has 0 bridgehead atoms. The number of phenolic OH excluding ortho intramolecular Hbond substituents is 1. The molecule has 0 amide bonds. The van der Waals surface area contributed by atoms with Gasteiger partial charge in [0.1, 0.15) is 17.2 Å². The Morgan fingerprint density at radius 3 is 2.27 bits per heavy atom. The van der Waals surface area contributed by atoms with Gasteiger partial charge in [0.05, 0.1) is 14.2 Å². The maximum atomic E-state index is 11.0. The minimum Gasteiger partial charge on any atom is -0.507 e. The third kappa shape index (κ3) is 2.44. The highest BCUT2D eigenvalue weighted by molar-refractivity contribution is 6.10. The third-order valence-corrected chi connectivity index (χ3v) is 4.87. The molecule has 3 nitrogen and oxygen atoms in total. The summed E-state index contributed by atoms with van der Waals surface area (Å²) >= 11 is 0. The predicted molar refractivity (Wildman–Crippen MR) is 106 cm³/mol. The molecule has 0 fully saturated rings. The fourth-order valence-electron chi connectivity index (χ4n) is 3.56. The average molecular weight is 344 g/mol. The van der Waals surface area contributed by atoms with Crippen molar-refractivity contribution in [3.8, 4) is 28.4 Å². The molecule has 0 aliphatic rings. The van der Waals surface area contributed by atoms with Crippen LogP contribution < -0.4 is 9.47 Å². The van der Waals surface area contributed by atoms with Gasteiger partial charge in [0.25, 0.3) is 0 Å². The number of hydrogen-bond acceptors (Lipinski definition) is 3. The van der Waals surface area contributed by atoms with Crippen LogP contribution in [0.4, 0.5) is 0 Å². The van der Waals surface area contributed by atoms with E-state index in [4.69, 9.17) is 9.47 Å². The van der Waals surface area contributed by atoms with E-state index in [0.29, 0.717) is 0 Å². The van der Waals surface area contributed by atoms with Crippen molar-refractivity contribution in [1.82, 2.24) is 0 Å². The summed E-state index contributed by atoms with van der Waals surface area (Å²) in [4.78, 5) is 0. The van der Waals surface area contributed by atoms with E-state index in [1.54, 1.807) is 14.2 Å². The van der Waals surface area contributed by atoms with Gasteiger partial charge in [-0.15, -0.1) is 0 Å². The lowest BCUT2D eigenvalue weighted by Gasteiger charge is -2.18. The molecule has 0 heterocycles. The first-order valence-electron chi connectivity index (χ1n) is 8.50. The van der Waals surface area contributed by atoms with Crippen LogP contribution in [0.15, 0.2) is 60.7 Å². The van der Waals surface area contributed by atoms with Gasteiger partial charge in [0, 0.05) is 11.1 Å². The van der Waals surface area contributed by atoms with Crippen molar-refractivity contribution < 1.29 is 14.6 Å². The van der Waals surface area contributed by atoms with Crippen LogP contribution in [0.2, 0.25) is 0 Å². The molecule has 3 heteroatoms. The number of phenols is 1. The Kier molecular flexibility index (Phi) is 3.92. The predicted octanol–water partition coefficient (Wildman–Crippen LogP) is 5.69. The summed E-state index contributed by atoms with van der Waals surface area (Å²) in [5.74, 6) is 1.76. The lowest BCUT2D eigenvalue weighted by molar-refractivity contribution is 0.414. The zero-order chi connectivity index (χ0) is 18.3. The van der Waals surface area contributed by atoms with Crippen molar-refractivity contribution in [2.24, 2.45) is 0 Å². The van der Waals surface area contributed by atoms with Crippen LogP contribution in [-0.2, 0) is 0 Å². The Morgan fingerprint density at radius 2 is 1.50 bits per heavy atom. The van der Waals surface area contributed by atoms with Crippen LogP contribution >= 0.6 is 0 Å². The number of methoxy groups -OCH3 is 2. The van der Waals surface area contributed by atoms with Gasteiger partial charge in [0.2, 0.25) is 0 Å². The van der Waals surface area contributed by atoms with Gasteiger partial charge in [-0.05, 0) is 58.3 Å². The summed E-state index contributed by atoms with van der Waals surface area (Å²) in [6.45, 7) is 1.92. The zero-order valence-electron chi connectivity index (χ0n) is 15.0. The minimum atomic E-state index is 0.275. The summed E-state index contributed by atoms with van der Waals surface area (Å²) < 4.78 is 11.1. The highest BCUT2D eigenvalue weighted by Crippen LogP contribution is 2.46. The molecule has 1 N–H and O–H groups in total. The summed E-state index contributed by atoms with van der Waals surface area (Å²) in [5.41, 5.74) is 2.50. The summed E-state index contributed by atoms with van der Waals surface area (Å²) in [7, 11) is 3.31. The van der Waals surface area contributed by atoms with Crippen molar-refractivity contribution in [2.45, 2.75) is 6.92 Å². The Bertz CT molecular complexity index is 1120. The second kappa shape index (κ2) is 6.26. The average Bonchev–Trinajstić information content (AvgIpc) is 2.68. The fraction of sp³-hybridized carbons (Fsp3) is 0.130. The van der Waals surface area contributed by atoms with E-state index >= 15 is 0 Å². The molecule has 4 aromatic carbocycles. The fourth-order valence-corrected chi connectivity index (χ4v) is 3.56. The smallest absolute Gasteiger partial charge is 0.127 e. The lowest BCUT2D eigenvalue weighted by Crippen LogP contribution is -1.93. The van der Waals surface area contributed by atoms with Crippen molar-refractivity contribution in [3.63, 3.8) is 0 Å². The van der Waals surface area contributed by atoms with Gasteiger partial charge < -0.3 is 14.6 Å². The van der Waals surface area contributed by atoms with Crippen molar-refractivity contribution >= 4 is 21.5 Å². The quantitative estimate of drug-likeness (QED) is 0.519. The Hall–Kier alpha value is -3.20. The van der Waals surface area contributed by atoms with Crippen molar-refractivity contribution in [3.05, 3.63) is 66.2 Å². The molecule has 0 radical (unpaired) electrons. The maximum Gasteiger partial charge on any atom is 0.127 e. The molecule has 4 aromatic rings. The van der Waals surface area contributed by atoms with Crippen LogP contribution in [0.1, 0.15) is 5.56 Å². The van der Waals surface area contributed by atoms with Crippen LogP contribution in [0.5, 0.6) is 17.2 Å². The van der Waals surface area contributed by atoms with E-state index in [1.807, 2.05) is 61.5 Å². The number of ether oxygens (including phenoxy) is 2. The SMILES string of the molecule is COc1ccc2ccc(OC)c(-c3c(O)c(C)cc4ccccc34)c2c1. The molecule has 4 rings (SSSR count). The lowest BCUT2D eigenvalue weighted by atomic mass is 9.90. The van der Waals surface area contributed by atoms with Crippen LogP contribution in [0.3, 0.4) is 0 Å². The van der Waals surface area contributed by atoms with Crippen LogP contribution in [0.25, 0.3) is 32.7 Å². The van der Waals surface area contributed by atoms with Crippen molar-refractivity contribution in [2.75, 3.05) is 14.2 Å². The Morgan fingerprint density at radius 1 is 0.731 bits per heavy atom. The topological polar surface area (TPSA) is 38.7 Å². The van der Waals surface area contributed by atoms with Gasteiger partial charge in [-0.1, -0.05) is 36.4 Å². The first-order chi connectivity index (χ1) is 12.6. The van der Waals surface area contributed by atoms with Gasteiger partial charge in [-0.25, -0.2) is 0 Å². The summed E-state index contributed by atoms with van der Waals surface area (Å²) in [6, 6.07) is 20.0. The molecule has 26 heavy (non-hydrogen) atoms. The third-order valence-electron chi connectivity index (χ3n) is 4.87. The molecule has 0 saturated carbocycles. The number of aryl methyl sites for hydroxylation is 1. The zero-order valence-corrected chi connectivity index (χ0v) is 15.0. The van der Waals surface area contributed by atoms with Gasteiger partial charge >= 0.3 is 0 Å². The Labute approximate surface area is 152 Å². The van der Waals surface area contributed by atoms with E-state index in [2.05, 4.69) is 6.07 Å². The Balaban J connectivity index is 2.21. The van der Waals surface area contributed by atoms with E-state index in [0.717, 1.165) is 49.7 Å². The van der Waals surface area contributed by atoms with E-state index in [1.165, 1.54) is 0 Å². The number of aromatic hydroxyl groups is 1. The second-order valence-corrected chi connectivity index (χ2v) is 6.37. The number of fused-ring (bicyclic) bond motifs is 2. The highest BCUT2D eigenvalue weighted by Gasteiger charge is 2.19. The first-order valence-corrected chi connectivity index (χ1v) is 8.50. The molecule has 0 aliphatic carbocycles. The summed E-state index contributed by atoms with van der Waals surface area (Å²) in [6.07, 6.45) is 0. The monoisotopic (exact) mass is 344 g/mol. The van der Waals surface area contributed by atoms with Crippen LogP contribution in [0, 0.1) is 6.92 Å². The minimum absolute atomic E-state index is 0.275. The van der Waals surface area contributed by atoms with E-state index in [9.17, 15) is 5.11 Å². The number of hydrogen-bond donors (Lipinski definition) is 1. The molecular weight excluding hydrogens is 324 g/mol. The standard InChI is InChI=1S/C23H20O3/c1-14-12-16-6-4-5-7-18(16)22(23(14)24)21-19-13-17(25-2)10-8-15(19)9-11-20(21)26-3/h4-13,24H,1-3H3. The second-order valence-electron chi connectivity index (χ2n) is 6.37. The van der Waals surface area contributed by atoms with Crippen molar-refractivity contribution in [1.29, 1.82) is 0 Å². The number of benzene rings is 4. The first kappa shape index (κ1) is 16.3. The molecule has 0 atom stereocenters. The molecule has 0 aliphatic heterocycles. The summed E-state index contributed by atoms with van der Waals surface area (Å²) in [5, 5.41) is 15.1. The molecule has 130 valence electrons. The molecule has 0 spiro atoms. The van der Waals surface area contributed by atoms with E-state index < -0.39 is 0 Å². The maximum absolute atomic E-state index is 11.0.